The molecule has 0 radical (unpaired) electrons. The van der Waals surface area contributed by atoms with Crippen molar-refractivity contribution in [2.45, 2.75) is 18.5 Å². The van der Waals surface area contributed by atoms with E-state index in [2.05, 4.69) is 59.4 Å². The molecule has 3 unspecified atom stereocenters. The molecule has 160 valence electrons. The Kier molecular flexibility index (Phi) is 6.52. The molecule has 0 bridgehead atoms. The first kappa shape index (κ1) is 20.7. The van der Waals surface area contributed by atoms with Crippen molar-refractivity contribution in [2.24, 2.45) is 5.92 Å². The number of rotatable bonds is 7. The van der Waals surface area contributed by atoms with E-state index in [4.69, 9.17) is 9.47 Å². The Labute approximate surface area is 177 Å². The normalized spacial score (nSPS) is 21.4. The number of carbonyl (C=O) groups is 1. The SMILES string of the molecule is CN(C)C(CNC(=O)C1CNNC1c1ccc2c(c1)OCCO2)Cc1ccccc1. The summed E-state index contributed by atoms with van der Waals surface area (Å²) < 4.78 is 11.3. The molecule has 1 amide bonds. The maximum absolute atomic E-state index is 13.0. The van der Waals surface area contributed by atoms with Gasteiger partial charge in [0.1, 0.15) is 13.2 Å². The van der Waals surface area contributed by atoms with E-state index in [0.29, 0.717) is 26.3 Å². The molecule has 7 heteroatoms. The lowest BCUT2D eigenvalue weighted by molar-refractivity contribution is -0.125. The average molecular weight is 411 g/mol. The predicted octanol–water partition coefficient (Wildman–Crippen LogP) is 1.51. The molecule has 0 aromatic heterocycles. The summed E-state index contributed by atoms with van der Waals surface area (Å²) in [5, 5.41) is 3.17. The van der Waals surface area contributed by atoms with Gasteiger partial charge >= 0.3 is 0 Å². The van der Waals surface area contributed by atoms with Gasteiger partial charge in [0, 0.05) is 19.1 Å². The van der Waals surface area contributed by atoms with E-state index in [1.807, 2.05) is 24.3 Å². The van der Waals surface area contributed by atoms with Crippen LogP contribution in [0.3, 0.4) is 0 Å². The monoisotopic (exact) mass is 410 g/mol. The fourth-order valence-corrected chi connectivity index (χ4v) is 3.98. The van der Waals surface area contributed by atoms with Gasteiger partial charge in [0.15, 0.2) is 11.5 Å². The number of benzene rings is 2. The molecule has 3 N–H and O–H groups in total. The molecule has 2 aromatic carbocycles. The van der Waals surface area contributed by atoms with E-state index < -0.39 is 0 Å². The lowest BCUT2D eigenvalue weighted by Gasteiger charge is -2.26. The van der Waals surface area contributed by atoms with E-state index >= 15 is 0 Å². The molecule has 1 fully saturated rings. The van der Waals surface area contributed by atoms with Gasteiger partial charge in [-0.1, -0.05) is 36.4 Å². The molecule has 0 saturated carbocycles. The van der Waals surface area contributed by atoms with Crippen molar-refractivity contribution in [2.75, 3.05) is 40.4 Å². The first-order valence-electron chi connectivity index (χ1n) is 10.5. The van der Waals surface area contributed by atoms with Gasteiger partial charge in [0.05, 0.1) is 12.0 Å². The highest BCUT2D eigenvalue weighted by atomic mass is 16.6. The minimum absolute atomic E-state index is 0.0484. The number of likely N-dealkylation sites (N-methyl/N-ethyl adjacent to an activating group) is 1. The molecule has 0 spiro atoms. The molecule has 2 aliphatic rings. The summed E-state index contributed by atoms with van der Waals surface area (Å²) in [5.41, 5.74) is 8.66. The summed E-state index contributed by atoms with van der Waals surface area (Å²) >= 11 is 0. The molecule has 2 aromatic rings. The highest BCUT2D eigenvalue weighted by Crippen LogP contribution is 2.35. The number of nitrogens with zero attached hydrogens (tertiary/aromatic N) is 1. The van der Waals surface area contributed by atoms with Crippen LogP contribution in [0.15, 0.2) is 48.5 Å². The van der Waals surface area contributed by atoms with Gasteiger partial charge in [0.25, 0.3) is 0 Å². The van der Waals surface area contributed by atoms with E-state index in [1.54, 1.807) is 0 Å². The number of hydrazine groups is 1. The Morgan fingerprint density at radius 3 is 2.67 bits per heavy atom. The molecule has 30 heavy (non-hydrogen) atoms. The fourth-order valence-electron chi connectivity index (χ4n) is 3.98. The van der Waals surface area contributed by atoms with Crippen LogP contribution in [-0.4, -0.2) is 57.2 Å². The molecule has 3 atom stereocenters. The van der Waals surface area contributed by atoms with Crippen molar-refractivity contribution >= 4 is 5.91 Å². The van der Waals surface area contributed by atoms with Crippen molar-refractivity contribution in [1.29, 1.82) is 0 Å². The largest absolute Gasteiger partial charge is 0.486 e. The number of ether oxygens (including phenoxy) is 2. The van der Waals surface area contributed by atoms with Gasteiger partial charge in [0.2, 0.25) is 5.91 Å². The number of carbonyl (C=O) groups excluding carboxylic acids is 1. The van der Waals surface area contributed by atoms with Crippen LogP contribution in [0, 0.1) is 5.92 Å². The van der Waals surface area contributed by atoms with E-state index in [0.717, 1.165) is 23.5 Å². The third-order valence-corrected chi connectivity index (χ3v) is 5.80. The first-order valence-corrected chi connectivity index (χ1v) is 10.5. The Hall–Kier alpha value is -2.61. The summed E-state index contributed by atoms with van der Waals surface area (Å²) in [6.45, 7) is 2.29. The Morgan fingerprint density at radius 2 is 1.90 bits per heavy atom. The maximum Gasteiger partial charge on any atom is 0.226 e. The second kappa shape index (κ2) is 9.47. The average Bonchev–Trinajstić information content (AvgIpc) is 3.26. The lowest BCUT2D eigenvalue weighted by Crippen LogP contribution is -2.44. The first-order chi connectivity index (χ1) is 14.6. The van der Waals surface area contributed by atoms with Crippen molar-refractivity contribution in [3.8, 4) is 11.5 Å². The van der Waals surface area contributed by atoms with Gasteiger partial charge < -0.3 is 19.7 Å². The van der Waals surface area contributed by atoms with Crippen LogP contribution in [0.4, 0.5) is 0 Å². The number of amides is 1. The second-order valence-electron chi connectivity index (χ2n) is 8.06. The second-order valence-corrected chi connectivity index (χ2v) is 8.06. The summed E-state index contributed by atoms with van der Waals surface area (Å²) in [6, 6.07) is 16.4. The zero-order valence-corrected chi connectivity index (χ0v) is 17.6. The Balaban J connectivity index is 1.39. The zero-order valence-electron chi connectivity index (χ0n) is 17.6. The number of fused-ring (bicyclic) bond motifs is 1. The van der Waals surface area contributed by atoms with Crippen molar-refractivity contribution in [1.82, 2.24) is 21.1 Å². The van der Waals surface area contributed by atoms with E-state index in [9.17, 15) is 4.79 Å². The minimum Gasteiger partial charge on any atom is -0.486 e. The van der Waals surface area contributed by atoms with Crippen molar-refractivity contribution in [3.63, 3.8) is 0 Å². The summed E-state index contributed by atoms with van der Waals surface area (Å²) in [6.07, 6.45) is 0.890. The molecule has 1 saturated heterocycles. The quantitative estimate of drug-likeness (QED) is 0.643. The highest BCUT2D eigenvalue weighted by molar-refractivity contribution is 5.80. The van der Waals surface area contributed by atoms with Crippen LogP contribution in [0.25, 0.3) is 0 Å². The molecule has 0 aliphatic carbocycles. The van der Waals surface area contributed by atoms with Crippen LogP contribution < -0.4 is 25.6 Å². The molecular weight excluding hydrogens is 380 g/mol. The Bertz CT molecular complexity index is 859. The molecule has 2 aliphatic heterocycles. The van der Waals surface area contributed by atoms with E-state index in [-0.39, 0.29) is 23.9 Å². The number of hydrogen-bond acceptors (Lipinski definition) is 6. The van der Waals surface area contributed by atoms with Crippen molar-refractivity contribution < 1.29 is 14.3 Å². The smallest absolute Gasteiger partial charge is 0.226 e. The minimum atomic E-state index is -0.202. The van der Waals surface area contributed by atoms with Gasteiger partial charge in [-0.2, -0.15) is 0 Å². The predicted molar refractivity (Wildman–Crippen MR) is 115 cm³/mol. The zero-order chi connectivity index (χ0) is 20.9. The van der Waals surface area contributed by atoms with Gasteiger partial charge in [-0.25, -0.2) is 5.43 Å². The van der Waals surface area contributed by atoms with Crippen LogP contribution >= 0.6 is 0 Å². The lowest BCUT2D eigenvalue weighted by atomic mass is 9.93. The summed E-state index contributed by atoms with van der Waals surface area (Å²) in [4.78, 5) is 15.2. The molecule has 7 nitrogen and oxygen atoms in total. The van der Waals surface area contributed by atoms with E-state index in [1.165, 1.54) is 5.56 Å². The van der Waals surface area contributed by atoms with Gasteiger partial charge in [-0.15, -0.1) is 0 Å². The fraction of sp³-hybridized carbons (Fsp3) is 0.435. The third-order valence-electron chi connectivity index (χ3n) is 5.80. The third kappa shape index (κ3) is 4.75. The van der Waals surface area contributed by atoms with Crippen molar-refractivity contribution in [3.05, 3.63) is 59.7 Å². The maximum atomic E-state index is 13.0. The topological polar surface area (TPSA) is 74.9 Å². The summed E-state index contributed by atoms with van der Waals surface area (Å²) in [5.74, 6) is 1.34. The van der Waals surface area contributed by atoms with Crippen LogP contribution in [0.1, 0.15) is 17.2 Å². The molecule has 4 rings (SSSR count). The molecule has 2 heterocycles. The number of hydrogen-bond donors (Lipinski definition) is 3. The van der Waals surface area contributed by atoms with Crippen LogP contribution in [0.2, 0.25) is 0 Å². The molecular formula is C23H30N4O3. The standard InChI is InChI=1S/C23H30N4O3/c1-27(2)18(12-16-6-4-3-5-7-16)14-24-23(28)19-15-25-26-22(19)17-8-9-20-21(13-17)30-11-10-29-20/h3-9,13,18-19,22,25-26H,10-12,14-15H2,1-2H3,(H,24,28). The van der Waals surface area contributed by atoms with Crippen LogP contribution in [0.5, 0.6) is 11.5 Å². The Morgan fingerprint density at radius 1 is 1.13 bits per heavy atom. The van der Waals surface area contributed by atoms with Gasteiger partial charge in [-0.3, -0.25) is 10.2 Å². The number of nitrogens with one attached hydrogen (secondary N) is 3. The van der Waals surface area contributed by atoms with Crippen LogP contribution in [-0.2, 0) is 11.2 Å². The highest BCUT2D eigenvalue weighted by Gasteiger charge is 2.34. The summed E-state index contributed by atoms with van der Waals surface area (Å²) in [7, 11) is 4.10. The van der Waals surface area contributed by atoms with Gasteiger partial charge in [-0.05, 0) is 43.8 Å².